The van der Waals surface area contributed by atoms with E-state index in [-0.39, 0.29) is 0 Å². The summed E-state index contributed by atoms with van der Waals surface area (Å²) in [5.74, 6) is -1.78. The molecule has 1 heterocycles. The van der Waals surface area contributed by atoms with Gasteiger partial charge in [-0.05, 0) is 24.3 Å². The first-order valence-corrected chi connectivity index (χ1v) is 5.65. The molecular formula is C12H7Cl2F2N. The van der Waals surface area contributed by atoms with Crippen LogP contribution in [0, 0.1) is 11.6 Å². The molecule has 0 N–H and O–H groups in total. The van der Waals surface area contributed by atoms with E-state index in [1.165, 1.54) is 12.3 Å². The van der Waals surface area contributed by atoms with Crippen LogP contribution in [0.3, 0.4) is 0 Å². The number of pyridine rings is 1. The summed E-state index contributed by atoms with van der Waals surface area (Å²) in [4.78, 5) is 3.43. The van der Waals surface area contributed by atoms with E-state index in [0.29, 0.717) is 16.8 Å². The molecule has 2 rings (SSSR count). The van der Waals surface area contributed by atoms with E-state index in [9.17, 15) is 8.78 Å². The van der Waals surface area contributed by atoms with Crippen LogP contribution < -0.4 is 0 Å². The molecule has 0 bridgehead atoms. The average Bonchev–Trinajstić information content (AvgIpc) is 2.33. The number of aromatic nitrogens is 1. The average molecular weight is 274 g/mol. The normalized spacial score (nSPS) is 10.9. The predicted octanol–water partition coefficient (Wildman–Crippen LogP) is 4.50. The monoisotopic (exact) mass is 273 g/mol. The minimum atomic E-state index is -0.902. The number of nitrogens with zero attached hydrogens (tertiary/aromatic N) is 1. The molecule has 1 aromatic carbocycles. The molecule has 0 unspecified atom stereocenters. The molecule has 0 saturated heterocycles. The summed E-state index contributed by atoms with van der Waals surface area (Å²) in [5.41, 5.74) is 1.68. The Morgan fingerprint density at radius 3 is 2.29 bits per heavy atom. The first kappa shape index (κ1) is 12.3. The number of rotatable bonds is 2. The lowest BCUT2D eigenvalue weighted by atomic mass is 10.1. The minimum absolute atomic E-state index is 0.496. The largest absolute Gasteiger partial charge is 0.256 e. The predicted molar refractivity (Wildman–Crippen MR) is 64.0 cm³/mol. The summed E-state index contributed by atoms with van der Waals surface area (Å²) >= 11 is 11.3. The Labute approximate surface area is 107 Å². The molecule has 2 aromatic rings. The lowest BCUT2D eigenvalue weighted by Gasteiger charge is -2.04. The van der Waals surface area contributed by atoms with E-state index >= 15 is 0 Å². The van der Waals surface area contributed by atoms with Crippen molar-refractivity contribution in [2.24, 2.45) is 0 Å². The van der Waals surface area contributed by atoms with E-state index in [1.54, 1.807) is 12.1 Å². The molecule has 0 spiro atoms. The van der Waals surface area contributed by atoms with Crippen molar-refractivity contribution in [2.45, 2.75) is 4.84 Å². The summed E-state index contributed by atoms with van der Waals surface area (Å²) in [7, 11) is 0. The Bertz CT molecular complexity index is 527. The van der Waals surface area contributed by atoms with E-state index in [2.05, 4.69) is 4.98 Å². The van der Waals surface area contributed by atoms with Crippen molar-refractivity contribution in [2.75, 3.05) is 0 Å². The van der Waals surface area contributed by atoms with Gasteiger partial charge in [0, 0.05) is 17.3 Å². The molecule has 0 saturated carbocycles. The highest BCUT2D eigenvalue weighted by Crippen LogP contribution is 2.26. The summed E-state index contributed by atoms with van der Waals surface area (Å²) in [6.07, 6.45) is 1.50. The summed E-state index contributed by atoms with van der Waals surface area (Å²) in [6, 6.07) is 6.95. The third-order valence-corrected chi connectivity index (χ3v) is 2.76. The molecule has 0 aliphatic rings. The number of halogens is 4. The maximum absolute atomic E-state index is 13.0. The highest BCUT2D eigenvalue weighted by molar-refractivity contribution is 6.44. The van der Waals surface area contributed by atoms with Crippen molar-refractivity contribution in [1.82, 2.24) is 4.98 Å². The molecule has 0 fully saturated rings. The van der Waals surface area contributed by atoms with Gasteiger partial charge < -0.3 is 0 Å². The van der Waals surface area contributed by atoms with Gasteiger partial charge in [-0.2, -0.15) is 0 Å². The fourth-order valence-corrected chi connectivity index (χ4v) is 1.62. The standard InChI is InChI=1S/C12H7Cl2F2N/c13-12(14)8-2-4-11(17-6-8)7-1-3-9(15)10(16)5-7/h1-6,12H. The molecule has 0 aliphatic heterocycles. The van der Waals surface area contributed by atoms with Gasteiger partial charge in [0.25, 0.3) is 0 Å². The lowest BCUT2D eigenvalue weighted by molar-refractivity contribution is 0.509. The minimum Gasteiger partial charge on any atom is -0.256 e. The molecule has 1 aromatic heterocycles. The molecular weight excluding hydrogens is 267 g/mol. The van der Waals surface area contributed by atoms with E-state index in [0.717, 1.165) is 12.1 Å². The van der Waals surface area contributed by atoms with Gasteiger partial charge in [-0.3, -0.25) is 4.98 Å². The third kappa shape index (κ3) is 2.73. The van der Waals surface area contributed by atoms with Crippen LogP contribution in [0.25, 0.3) is 11.3 Å². The van der Waals surface area contributed by atoms with Gasteiger partial charge in [0.15, 0.2) is 11.6 Å². The van der Waals surface area contributed by atoms with Crippen LogP contribution in [-0.4, -0.2) is 4.98 Å². The maximum atomic E-state index is 13.0. The zero-order chi connectivity index (χ0) is 12.4. The van der Waals surface area contributed by atoms with Crippen LogP contribution in [0.4, 0.5) is 8.78 Å². The molecule has 0 amide bonds. The summed E-state index contributed by atoms with van der Waals surface area (Å²) < 4.78 is 25.8. The van der Waals surface area contributed by atoms with Gasteiger partial charge in [0.05, 0.1) is 5.69 Å². The lowest BCUT2D eigenvalue weighted by Crippen LogP contribution is -1.89. The van der Waals surface area contributed by atoms with E-state index < -0.39 is 16.5 Å². The van der Waals surface area contributed by atoms with Crippen LogP contribution in [-0.2, 0) is 0 Å². The molecule has 0 radical (unpaired) electrons. The van der Waals surface area contributed by atoms with Crippen molar-refractivity contribution in [3.05, 3.63) is 53.7 Å². The van der Waals surface area contributed by atoms with Gasteiger partial charge in [-0.1, -0.05) is 6.07 Å². The van der Waals surface area contributed by atoms with Crippen LogP contribution >= 0.6 is 23.2 Å². The highest BCUT2D eigenvalue weighted by Gasteiger charge is 2.07. The number of hydrogen-bond donors (Lipinski definition) is 0. The maximum Gasteiger partial charge on any atom is 0.159 e. The molecule has 5 heteroatoms. The highest BCUT2D eigenvalue weighted by atomic mass is 35.5. The Kier molecular flexibility index (Phi) is 3.60. The Hall–Kier alpha value is -1.19. The summed E-state index contributed by atoms with van der Waals surface area (Å²) in [5, 5.41) is 0. The quantitative estimate of drug-likeness (QED) is 0.734. The van der Waals surface area contributed by atoms with Gasteiger partial charge in [0.1, 0.15) is 4.84 Å². The SMILES string of the molecule is Fc1ccc(-c2ccc(C(Cl)Cl)cn2)cc1F. The van der Waals surface area contributed by atoms with Gasteiger partial charge >= 0.3 is 0 Å². The fourth-order valence-electron chi connectivity index (χ4n) is 1.36. The first-order chi connectivity index (χ1) is 8.08. The Morgan fingerprint density at radius 2 is 1.76 bits per heavy atom. The number of benzene rings is 1. The Morgan fingerprint density at radius 1 is 1.00 bits per heavy atom. The van der Waals surface area contributed by atoms with Crippen LogP contribution in [0.15, 0.2) is 36.5 Å². The molecule has 17 heavy (non-hydrogen) atoms. The first-order valence-electron chi connectivity index (χ1n) is 4.77. The smallest absolute Gasteiger partial charge is 0.159 e. The molecule has 88 valence electrons. The van der Waals surface area contributed by atoms with E-state index in [1.807, 2.05) is 0 Å². The zero-order valence-electron chi connectivity index (χ0n) is 8.50. The van der Waals surface area contributed by atoms with Crippen molar-refractivity contribution in [1.29, 1.82) is 0 Å². The van der Waals surface area contributed by atoms with Crippen LogP contribution in [0.5, 0.6) is 0 Å². The van der Waals surface area contributed by atoms with Gasteiger partial charge in [0.2, 0.25) is 0 Å². The number of alkyl halides is 2. The van der Waals surface area contributed by atoms with Crippen molar-refractivity contribution in [3.8, 4) is 11.3 Å². The van der Waals surface area contributed by atoms with Crippen molar-refractivity contribution >= 4 is 23.2 Å². The molecule has 0 atom stereocenters. The third-order valence-electron chi connectivity index (χ3n) is 2.25. The zero-order valence-corrected chi connectivity index (χ0v) is 10.0. The summed E-state index contributed by atoms with van der Waals surface area (Å²) in [6.45, 7) is 0. The fraction of sp³-hybridized carbons (Fsp3) is 0.0833. The van der Waals surface area contributed by atoms with Crippen molar-refractivity contribution < 1.29 is 8.78 Å². The van der Waals surface area contributed by atoms with Crippen molar-refractivity contribution in [3.63, 3.8) is 0 Å². The Balaban J connectivity index is 2.36. The second-order valence-corrected chi connectivity index (χ2v) is 4.50. The second kappa shape index (κ2) is 4.98. The molecule has 1 nitrogen and oxygen atoms in total. The van der Waals surface area contributed by atoms with Crippen LogP contribution in [0.1, 0.15) is 10.4 Å². The number of hydrogen-bond acceptors (Lipinski definition) is 1. The second-order valence-electron chi connectivity index (χ2n) is 3.41. The topological polar surface area (TPSA) is 12.9 Å². The van der Waals surface area contributed by atoms with Crippen LogP contribution in [0.2, 0.25) is 0 Å². The van der Waals surface area contributed by atoms with Gasteiger partial charge in [-0.15, -0.1) is 23.2 Å². The molecule has 0 aliphatic carbocycles. The van der Waals surface area contributed by atoms with Gasteiger partial charge in [-0.25, -0.2) is 8.78 Å². The van der Waals surface area contributed by atoms with E-state index in [4.69, 9.17) is 23.2 Å².